The maximum absolute atomic E-state index is 13.1. The molecule has 0 N–H and O–H groups in total. The quantitative estimate of drug-likeness (QED) is 0.537. The lowest BCUT2D eigenvalue weighted by Crippen LogP contribution is -2.50. The fourth-order valence-corrected chi connectivity index (χ4v) is 5.42. The first-order valence-corrected chi connectivity index (χ1v) is 12.3. The topological polar surface area (TPSA) is 89.0 Å². The number of sulfonamides is 1. The molecule has 0 atom stereocenters. The predicted molar refractivity (Wildman–Crippen MR) is 129 cm³/mol. The second kappa shape index (κ2) is 9.82. The number of hydrogen-bond donors (Lipinski definition) is 0. The van der Waals surface area contributed by atoms with Crippen LogP contribution in [0.3, 0.4) is 0 Å². The van der Waals surface area contributed by atoms with E-state index < -0.39 is 10.0 Å². The number of carbonyl (C=O) groups excluding carboxylic acids is 1. The minimum absolute atomic E-state index is 0.126. The van der Waals surface area contributed by atoms with Crippen molar-refractivity contribution in [1.29, 1.82) is 0 Å². The van der Waals surface area contributed by atoms with Crippen molar-refractivity contribution in [2.24, 2.45) is 0 Å². The van der Waals surface area contributed by atoms with Crippen LogP contribution < -0.4 is 9.47 Å². The Balaban J connectivity index is 1.46. The SMILES string of the molecule is COc1ccc(S(=O)(=O)N2CCN(C(=O)c3ccc(-c4ccccc4)nc3C)CC2)cc1OC. The molecule has 0 saturated carbocycles. The molecule has 1 amide bonds. The molecule has 1 aromatic heterocycles. The Hall–Kier alpha value is -3.43. The van der Waals surface area contributed by atoms with Crippen molar-refractivity contribution in [2.75, 3.05) is 40.4 Å². The van der Waals surface area contributed by atoms with Gasteiger partial charge in [-0.15, -0.1) is 0 Å². The van der Waals surface area contributed by atoms with Crippen LogP contribution in [0.4, 0.5) is 0 Å². The van der Waals surface area contributed by atoms with Crippen LogP contribution >= 0.6 is 0 Å². The number of amides is 1. The smallest absolute Gasteiger partial charge is 0.255 e. The summed E-state index contributed by atoms with van der Waals surface area (Å²) in [5.41, 5.74) is 2.96. The van der Waals surface area contributed by atoms with Crippen molar-refractivity contribution in [1.82, 2.24) is 14.2 Å². The first kappa shape index (κ1) is 23.7. The van der Waals surface area contributed by atoms with Gasteiger partial charge < -0.3 is 14.4 Å². The van der Waals surface area contributed by atoms with Gasteiger partial charge in [0.1, 0.15) is 0 Å². The van der Waals surface area contributed by atoms with Gasteiger partial charge >= 0.3 is 0 Å². The molecule has 8 nitrogen and oxygen atoms in total. The van der Waals surface area contributed by atoms with Gasteiger partial charge in [0.15, 0.2) is 11.5 Å². The summed E-state index contributed by atoms with van der Waals surface area (Å²) >= 11 is 0. The zero-order valence-corrected chi connectivity index (χ0v) is 20.2. The van der Waals surface area contributed by atoms with E-state index in [1.54, 1.807) is 17.0 Å². The van der Waals surface area contributed by atoms with Crippen molar-refractivity contribution in [2.45, 2.75) is 11.8 Å². The molecule has 0 aliphatic carbocycles. The molecular weight excluding hydrogens is 454 g/mol. The highest BCUT2D eigenvalue weighted by Crippen LogP contribution is 2.31. The number of ether oxygens (including phenoxy) is 2. The number of aryl methyl sites for hydroxylation is 1. The van der Waals surface area contributed by atoms with Crippen LogP contribution in [0.1, 0.15) is 16.1 Å². The van der Waals surface area contributed by atoms with E-state index in [1.165, 1.54) is 30.7 Å². The van der Waals surface area contributed by atoms with Gasteiger partial charge in [-0.25, -0.2) is 8.42 Å². The average Bonchev–Trinajstić information content (AvgIpc) is 2.88. The Labute approximate surface area is 199 Å². The van der Waals surface area contributed by atoms with Crippen LogP contribution in [-0.4, -0.2) is 68.9 Å². The second-order valence-electron chi connectivity index (χ2n) is 7.91. The van der Waals surface area contributed by atoms with Crippen molar-refractivity contribution in [3.05, 3.63) is 71.9 Å². The van der Waals surface area contributed by atoms with Gasteiger partial charge in [-0.3, -0.25) is 9.78 Å². The number of methoxy groups -OCH3 is 2. The van der Waals surface area contributed by atoms with E-state index in [1.807, 2.05) is 43.3 Å². The van der Waals surface area contributed by atoms with E-state index in [2.05, 4.69) is 4.98 Å². The van der Waals surface area contributed by atoms with E-state index in [0.717, 1.165) is 11.3 Å². The highest BCUT2D eigenvalue weighted by molar-refractivity contribution is 7.89. The number of hydrogen-bond acceptors (Lipinski definition) is 6. The van der Waals surface area contributed by atoms with Gasteiger partial charge in [-0.2, -0.15) is 4.31 Å². The number of piperazine rings is 1. The summed E-state index contributed by atoms with van der Waals surface area (Å²) in [6.07, 6.45) is 0. The third-order valence-electron chi connectivity index (χ3n) is 5.90. The first-order chi connectivity index (χ1) is 16.3. The molecular formula is C25H27N3O5S. The van der Waals surface area contributed by atoms with Crippen LogP contribution in [0.5, 0.6) is 11.5 Å². The second-order valence-corrected chi connectivity index (χ2v) is 9.85. The minimum Gasteiger partial charge on any atom is -0.493 e. The number of pyridine rings is 1. The Bertz CT molecular complexity index is 1290. The van der Waals surface area contributed by atoms with Gasteiger partial charge in [-0.05, 0) is 31.2 Å². The van der Waals surface area contributed by atoms with E-state index >= 15 is 0 Å². The van der Waals surface area contributed by atoms with E-state index in [0.29, 0.717) is 35.8 Å². The Morgan fingerprint density at radius 2 is 1.56 bits per heavy atom. The molecule has 9 heteroatoms. The fraction of sp³-hybridized carbons (Fsp3) is 0.280. The number of nitrogens with zero attached hydrogens (tertiary/aromatic N) is 3. The normalized spacial score (nSPS) is 14.6. The van der Waals surface area contributed by atoms with Crippen LogP contribution in [0.15, 0.2) is 65.6 Å². The molecule has 0 spiro atoms. The third kappa shape index (κ3) is 4.62. The predicted octanol–water partition coefficient (Wildman–Crippen LogP) is 3.22. The number of rotatable bonds is 6. The lowest BCUT2D eigenvalue weighted by Gasteiger charge is -2.34. The van der Waals surface area contributed by atoms with Crippen molar-refractivity contribution < 1.29 is 22.7 Å². The van der Waals surface area contributed by atoms with Gasteiger partial charge in [-0.1, -0.05) is 30.3 Å². The number of carbonyl (C=O) groups is 1. The maximum Gasteiger partial charge on any atom is 0.255 e. The Morgan fingerprint density at radius 1 is 0.882 bits per heavy atom. The first-order valence-electron chi connectivity index (χ1n) is 10.9. The molecule has 0 unspecified atom stereocenters. The van der Waals surface area contributed by atoms with Gasteiger partial charge in [0.25, 0.3) is 5.91 Å². The highest BCUT2D eigenvalue weighted by Gasteiger charge is 2.31. The molecule has 178 valence electrons. The maximum atomic E-state index is 13.1. The Kier molecular flexibility index (Phi) is 6.85. The summed E-state index contributed by atoms with van der Waals surface area (Å²) in [6.45, 7) is 2.82. The summed E-state index contributed by atoms with van der Waals surface area (Å²) in [5, 5.41) is 0. The van der Waals surface area contributed by atoms with Crippen LogP contribution in [-0.2, 0) is 10.0 Å². The standard InChI is InChI=1S/C25H27N3O5S/c1-18-21(10-11-22(26-18)19-7-5-4-6-8-19)25(29)27-13-15-28(16-14-27)34(30,31)20-9-12-23(32-2)24(17-20)33-3/h4-12,17H,13-16H2,1-3H3. The molecule has 3 aromatic rings. The molecule has 2 aromatic carbocycles. The molecule has 4 rings (SSSR count). The van der Waals surface area contributed by atoms with E-state index in [9.17, 15) is 13.2 Å². The lowest BCUT2D eigenvalue weighted by atomic mass is 10.1. The van der Waals surface area contributed by atoms with Crippen molar-refractivity contribution in [3.63, 3.8) is 0 Å². The summed E-state index contributed by atoms with van der Waals surface area (Å²) in [4.78, 5) is 19.5. The molecule has 2 heterocycles. The Morgan fingerprint density at radius 3 is 2.18 bits per heavy atom. The lowest BCUT2D eigenvalue weighted by molar-refractivity contribution is 0.0696. The zero-order valence-electron chi connectivity index (χ0n) is 19.4. The third-order valence-corrected chi connectivity index (χ3v) is 7.80. The summed E-state index contributed by atoms with van der Waals surface area (Å²) < 4.78 is 38.1. The highest BCUT2D eigenvalue weighted by atomic mass is 32.2. The average molecular weight is 482 g/mol. The monoisotopic (exact) mass is 481 g/mol. The summed E-state index contributed by atoms with van der Waals surface area (Å²) in [5.74, 6) is 0.659. The molecule has 34 heavy (non-hydrogen) atoms. The molecule has 1 aliphatic rings. The largest absolute Gasteiger partial charge is 0.493 e. The van der Waals surface area contributed by atoms with Crippen LogP contribution in [0.2, 0.25) is 0 Å². The molecule has 1 aliphatic heterocycles. The van der Waals surface area contributed by atoms with Gasteiger partial charge in [0.2, 0.25) is 10.0 Å². The van der Waals surface area contributed by atoms with E-state index in [-0.39, 0.29) is 23.9 Å². The fourth-order valence-electron chi connectivity index (χ4n) is 3.98. The number of aromatic nitrogens is 1. The summed E-state index contributed by atoms with van der Waals surface area (Å²) in [6, 6.07) is 17.9. The molecule has 1 saturated heterocycles. The zero-order chi connectivity index (χ0) is 24.3. The summed E-state index contributed by atoms with van der Waals surface area (Å²) in [7, 11) is -0.775. The molecule has 1 fully saturated rings. The van der Waals surface area contributed by atoms with Crippen molar-refractivity contribution in [3.8, 4) is 22.8 Å². The van der Waals surface area contributed by atoms with Crippen LogP contribution in [0.25, 0.3) is 11.3 Å². The molecule has 0 bridgehead atoms. The van der Waals surface area contributed by atoms with Gasteiger partial charge in [0, 0.05) is 37.8 Å². The van der Waals surface area contributed by atoms with Crippen LogP contribution in [0, 0.1) is 6.92 Å². The van der Waals surface area contributed by atoms with E-state index in [4.69, 9.17) is 9.47 Å². The number of benzene rings is 2. The minimum atomic E-state index is -3.73. The molecule has 0 radical (unpaired) electrons. The van der Waals surface area contributed by atoms with Gasteiger partial charge in [0.05, 0.1) is 36.1 Å². The van der Waals surface area contributed by atoms with Crippen molar-refractivity contribution >= 4 is 15.9 Å².